The fourth-order valence-electron chi connectivity index (χ4n) is 8.02. The Hall–Kier alpha value is -6.63. The van der Waals surface area contributed by atoms with Crippen molar-refractivity contribution in [2.24, 2.45) is 0 Å². The van der Waals surface area contributed by atoms with Gasteiger partial charge in [0.1, 0.15) is 28.3 Å². The lowest BCUT2D eigenvalue weighted by Crippen LogP contribution is -2.25. The molecule has 0 N–H and O–H groups in total. The monoisotopic (exact) mass is 911 g/mol. The van der Waals surface area contributed by atoms with Crippen molar-refractivity contribution in [2.45, 2.75) is 146 Å². The van der Waals surface area contributed by atoms with Crippen LogP contribution in [0.1, 0.15) is 116 Å². The molecule has 0 amide bonds. The van der Waals surface area contributed by atoms with E-state index in [0.717, 1.165) is 83.7 Å². The van der Waals surface area contributed by atoms with Crippen LogP contribution in [0, 0.1) is 12.7 Å². The maximum atomic E-state index is 13.7. The minimum atomic E-state index is -0.373. The molecule has 0 radical (unpaired) electrons. The van der Waals surface area contributed by atoms with Crippen LogP contribution < -0.4 is 22.2 Å². The van der Waals surface area contributed by atoms with E-state index in [4.69, 9.17) is 0 Å². The minimum Gasteiger partial charge on any atom is -0.305 e. The second kappa shape index (κ2) is 24.8. The Morgan fingerprint density at radius 2 is 0.910 bits per heavy atom. The Kier molecular flexibility index (Phi) is 19.0. The van der Waals surface area contributed by atoms with Crippen LogP contribution in [-0.4, -0.2) is 38.2 Å². The molecule has 0 fully saturated rings. The maximum absolute atomic E-state index is 13.7. The molecule has 67 heavy (non-hydrogen) atoms. The van der Waals surface area contributed by atoms with Crippen molar-refractivity contribution in [1.29, 1.82) is 0 Å². The second-order valence-electron chi connectivity index (χ2n) is 16.3. The number of hydrogen-bond donors (Lipinski definition) is 0. The quantitative estimate of drug-likeness (QED) is 0.111. The zero-order valence-electron chi connectivity index (χ0n) is 40.9. The molecule has 13 heteroatoms. The predicted molar refractivity (Wildman–Crippen MR) is 272 cm³/mol. The summed E-state index contributed by atoms with van der Waals surface area (Å²) in [4.78, 5) is 66.1. The topological polar surface area (TPSA) is 140 Å². The Labute approximate surface area is 392 Å². The number of halogens is 1. The molecule has 0 saturated carbocycles. The van der Waals surface area contributed by atoms with Crippen LogP contribution in [-0.2, 0) is 51.9 Å². The van der Waals surface area contributed by atoms with Gasteiger partial charge in [0.2, 0.25) is 0 Å². The first-order chi connectivity index (χ1) is 32.4. The van der Waals surface area contributed by atoms with Gasteiger partial charge in [-0.3, -0.25) is 19.2 Å². The number of fused-ring (bicyclic) bond motifs is 4. The highest BCUT2D eigenvalue weighted by atomic mass is 19.1. The minimum absolute atomic E-state index is 0.0445. The maximum Gasteiger partial charge on any atom is 0.272 e. The summed E-state index contributed by atoms with van der Waals surface area (Å²) in [5.74, 6) is -0.373. The molecule has 12 nitrogen and oxygen atoms in total. The normalized spacial score (nSPS) is 11.0. The fourth-order valence-corrected chi connectivity index (χ4v) is 8.02. The molecule has 4 aromatic carbocycles. The van der Waals surface area contributed by atoms with E-state index in [0.29, 0.717) is 67.2 Å². The number of rotatable bonds is 13. The van der Waals surface area contributed by atoms with Crippen molar-refractivity contribution >= 4 is 44.1 Å². The van der Waals surface area contributed by atoms with E-state index in [2.05, 4.69) is 33.8 Å². The molecule has 8 rings (SSSR count). The first-order valence-corrected chi connectivity index (χ1v) is 24.1. The van der Waals surface area contributed by atoms with E-state index < -0.39 is 0 Å². The molecule has 0 bridgehead atoms. The lowest BCUT2D eigenvalue weighted by Gasteiger charge is -2.10. The molecule has 4 heterocycles. The lowest BCUT2D eigenvalue weighted by molar-refractivity contribution is 0.623. The third-order valence-corrected chi connectivity index (χ3v) is 11.6. The molecule has 4 aromatic heterocycles. The highest BCUT2D eigenvalue weighted by Crippen LogP contribution is 2.16. The van der Waals surface area contributed by atoms with E-state index in [-0.39, 0.29) is 33.6 Å². The van der Waals surface area contributed by atoms with Crippen LogP contribution >= 0.6 is 0 Å². The van der Waals surface area contributed by atoms with Crippen molar-refractivity contribution in [3.63, 3.8) is 0 Å². The molecule has 0 aliphatic carbocycles. The van der Waals surface area contributed by atoms with Crippen LogP contribution in [0.3, 0.4) is 0 Å². The van der Waals surface area contributed by atoms with E-state index >= 15 is 0 Å². The SMILES string of the molecule is CCCCc1nc2ccccc2n(CC)c1=O.CCCCn1c(=O)c(CC)nc2ccccc21.CCCc1nc2c(F)cccc2n(CC)c1=O.CCc1nc2ccc(C)cc2n(CC)c1=O. The van der Waals surface area contributed by atoms with Crippen LogP contribution in [0.2, 0.25) is 0 Å². The fraction of sp³-hybridized carbons (Fsp3) is 0.407. The summed E-state index contributed by atoms with van der Waals surface area (Å²) in [5.41, 5.74) is 10.1. The molecule has 0 spiro atoms. The van der Waals surface area contributed by atoms with Gasteiger partial charge in [-0.2, -0.15) is 0 Å². The van der Waals surface area contributed by atoms with Crippen molar-refractivity contribution < 1.29 is 4.39 Å². The smallest absolute Gasteiger partial charge is 0.272 e. The number of para-hydroxylation sites is 5. The second-order valence-corrected chi connectivity index (χ2v) is 16.3. The van der Waals surface area contributed by atoms with Gasteiger partial charge < -0.3 is 18.3 Å². The Bertz CT molecular complexity index is 3180. The molecule has 8 aromatic rings. The van der Waals surface area contributed by atoms with Crippen molar-refractivity contribution in [1.82, 2.24) is 38.2 Å². The molecular weight excluding hydrogens is 844 g/mol. The number of benzene rings is 4. The number of aromatic nitrogens is 8. The average Bonchev–Trinajstić information content (AvgIpc) is 3.34. The summed E-state index contributed by atoms with van der Waals surface area (Å²) < 4.78 is 20.7. The Morgan fingerprint density at radius 3 is 1.46 bits per heavy atom. The van der Waals surface area contributed by atoms with Crippen LogP contribution in [0.4, 0.5) is 4.39 Å². The van der Waals surface area contributed by atoms with Crippen LogP contribution in [0.25, 0.3) is 44.1 Å². The van der Waals surface area contributed by atoms with Crippen LogP contribution in [0.5, 0.6) is 0 Å². The largest absolute Gasteiger partial charge is 0.305 e. The van der Waals surface area contributed by atoms with Gasteiger partial charge in [-0.1, -0.05) is 90.3 Å². The third kappa shape index (κ3) is 12.0. The summed E-state index contributed by atoms with van der Waals surface area (Å²) in [6.45, 7) is 20.8. The summed E-state index contributed by atoms with van der Waals surface area (Å²) in [6.07, 6.45) is 7.78. The van der Waals surface area contributed by atoms with Crippen LogP contribution in [0.15, 0.2) is 104 Å². The number of aryl methyl sites for hydroxylation is 9. The van der Waals surface area contributed by atoms with Crippen molar-refractivity contribution in [2.75, 3.05) is 0 Å². The first kappa shape index (κ1) is 51.4. The number of nitrogens with zero attached hydrogens (tertiary/aromatic N) is 8. The molecule has 0 unspecified atom stereocenters. The Morgan fingerprint density at radius 1 is 0.448 bits per heavy atom. The van der Waals surface area contributed by atoms with Gasteiger partial charge in [0.25, 0.3) is 22.2 Å². The Balaban J connectivity index is 0.000000167. The summed E-state index contributed by atoms with van der Waals surface area (Å²) in [5, 5.41) is 0. The van der Waals surface area contributed by atoms with E-state index in [9.17, 15) is 23.6 Å². The van der Waals surface area contributed by atoms with Crippen molar-refractivity contribution in [3.8, 4) is 0 Å². The van der Waals surface area contributed by atoms with Gasteiger partial charge in [0.15, 0.2) is 5.82 Å². The van der Waals surface area contributed by atoms with Gasteiger partial charge in [-0.25, -0.2) is 24.3 Å². The number of unbranched alkanes of at least 4 members (excludes halogenated alkanes) is 2. The zero-order chi connectivity index (χ0) is 48.6. The molecule has 0 aliphatic rings. The average molecular weight is 911 g/mol. The van der Waals surface area contributed by atoms with Gasteiger partial charge in [-0.15, -0.1) is 0 Å². The molecule has 354 valence electrons. The lowest BCUT2D eigenvalue weighted by atomic mass is 10.2. The molecule has 0 aliphatic heterocycles. The molecule has 0 saturated heterocycles. The van der Waals surface area contributed by atoms with E-state index in [1.165, 1.54) is 6.07 Å². The van der Waals surface area contributed by atoms with Gasteiger partial charge in [-0.05, 0) is 120 Å². The first-order valence-electron chi connectivity index (χ1n) is 24.1. The summed E-state index contributed by atoms with van der Waals surface area (Å²) in [6, 6.07) is 26.4. The predicted octanol–water partition coefficient (Wildman–Crippen LogP) is 10.3. The van der Waals surface area contributed by atoms with Crippen molar-refractivity contribution in [3.05, 3.63) is 161 Å². The standard InChI is InChI=1S/2C14H18N2O.C13H15FN2O.C13H16N2O/c1-3-5-10-16-13-9-7-6-8-12(13)15-11(4-2)14(16)17;1-3-5-8-12-14(17)16(4-2)13-10-7-6-9-11(13)15-12;1-3-6-10-13(17)16(4-2)11-8-5-7-9(14)12(11)15-10;1-4-10-13(16)15(5-2)12-8-9(3)6-7-11(12)14-10/h6-9H,3-5,10H2,1-2H3;6-7,9-10H,3-5,8H2,1-2H3;5,7-8H,3-4,6H2,1-2H3;6-8H,4-5H2,1-3H3. The van der Waals surface area contributed by atoms with E-state index in [1.54, 1.807) is 21.3 Å². The van der Waals surface area contributed by atoms with Gasteiger partial charge in [0, 0.05) is 26.2 Å². The van der Waals surface area contributed by atoms with Gasteiger partial charge >= 0.3 is 0 Å². The van der Waals surface area contributed by atoms with Gasteiger partial charge in [0.05, 0.1) is 38.6 Å². The molecule has 0 atom stereocenters. The highest BCUT2D eigenvalue weighted by Gasteiger charge is 2.13. The third-order valence-electron chi connectivity index (χ3n) is 11.6. The van der Waals surface area contributed by atoms with E-state index in [1.807, 2.05) is 124 Å². The number of hydrogen-bond acceptors (Lipinski definition) is 8. The highest BCUT2D eigenvalue weighted by molar-refractivity contribution is 5.77. The molecular formula is C54H67FN8O4. The summed E-state index contributed by atoms with van der Waals surface area (Å²) >= 11 is 0. The summed E-state index contributed by atoms with van der Waals surface area (Å²) in [7, 11) is 0. The zero-order valence-corrected chi connectivity index (χ0v) is 40.9.